The van der Waals surface area contributed by atoms with Crippen LogP contribution >= 0.6 is 20.7 Å². The van der Waals surface area contributed by atoms with Gasteiger partial charge in [-0.15, -0.1) is 20.7 Å². The van der Waals surface area contributed by atoms with Crippen LogP contribution in [-0.4, -0.2) is 8.44 Å². The lowest BCUT2D eigenvalue weighted by molar-refractivity contribution is 0.981. The highest BCUT2D eigenvalue weighted by Crippen LogP contribution is 2.45. The molecule has 0 aromatic carbocycles. The Bertz CT molecular complexity index is 96.1. The van der Waals surface area contributed by atoms with Crippen molar-refractivity contribution >= 4 is 24.7 Å². The molecular weight excluding hydrogens is 187 g/mol. The van der Waals surface area contributed by atoms with E-state index in [9.17, 15) is 0 Å². The molecule has 2 atom stereocenters. The Morgan fingerprint density at radius 1 is 1.67 bits per heavy atom. The van der Waals surface area contributed by atoms with Gasteiger partial charge in [0, 0.05) is 0 Å². The van der Waals surface area contributed by atoms with Gasteiger partial charge in [0.15, 0.2) is 0 Å². The highest BCUT2D eigenvalue weighted by atomic mass is 127. The average Bonchev–Trinajstić information content (AvgIpc) is 2.17. The zero-order chi connectivity index (χ0) is 3.98. The fraction of sp³-hybridized carbons (Fsp3) is 0.800. The van der Waals surface area contributed by atoms with Gasteiger partial charge in [-0.2, -0.15) is 0 Å². The van der Waals surface area contributed by atoms with Crippen LogP contribution in [0.2, 0.25) is 0 Å². The first-order chi connectivity index (χ1) is 2.97. The van der Waals surface area contributed by atoms with Crippen molar-refractivity contribution in [1.82, 2.24) is 0 Å². The van der Waals surface area contributed by atoms with E-state index >= 15 is 0 Å². The van der Waals surface area contributed by atoms with Gasteiger partial charge < -0.3 is 0 Å². The monoisotopic (exact) mass is 194 g/mol. The van der Waals surface area contributed by atoms with Gasteiger partial charge in [-0.25, -0.2) is 0 Å². The van der Waals surface area contributed by atoms with Crippen molar-refractivity contribution in [3.63, 3.8) is 0 Å². The first-order valence-electron chi connectivity index (χ1n) is 2.38. The molecule has 1 aliphatic heterocycles. The zero-order valence-corrected chi connectivity index (χ0v) is 5.68. The summed E-state index contributed by atoms with van der Waals surface area (Å²) < 4.78 is 4.20. The largest absolute Gasteiger partial charge is 0.127 e. The maximum Gasteiger partial charge on any atom is -0.00207 e. The second kappa shape index (κ2) is 1.05. The lowest BCUT2D eigenvalue weighted by Gasteiger charge is -1.71. The molecule has 2 rings (SSSR count). The van der Waals surface area contributed by atoms with Crippen LogP contribution in [0.5, 0.6) is 0 Å². The molecule has 1 saturated carbocycles. The van der Waals surface area contributed by atoms with Crippen LogP contribution in [0.3, 0.4) is 0 Å². The average molecular weight is 194 g/mol. The topological polar surface area (TPSA) is 0 Å². The molecule has 1 heteroatoms. The van der Waals surface area contributed by atoms with Crippen LogP contribution in [0.1, 0.15) is 6.42 Å². The molecule has 0 radical (unpaired) electrons. The third kappa shape index (κ3) is 0.376. The Morgan fingerprint density at radius 2 is 2.67 bits per heavy atom. The predicted molar refractivity (Wildman–Crippen MR) is 36.5 cm³/mol. The molecule has 2 unspecified atom stereocenters. The van der Waals surface area contributed by atoms with Crippen molar-refractivity contribution < 1.29 is 0 Å². The Morgan fingerprint density at radius 3 is 2.83 bits per heavy atom. The van der Waals surface area contributed by atoms with Crippen molar-refractivity contribution in [1.29, 1.82) is 0 Å². The first-order valence-corrected chi connectivity index (χ1v) is 5.15. The first kappa shape index (κ1) is 3.58. The van der Waals surface area contributed by atoms with E-state index in [1.807, 2.05) is 0 Å². The second-order valence-electron chi connectivity index (χ2n) is 2.09. The molecular formula is C5H7I. The molecule has 0 aromatic rings. The Labute approximate surface area is 47.7 Å². The summed E-state index contributed by atoms with van der Waals surface area (Å²) in [6.45, 7) is 0. The van der Waals surface area contributed by atoms with Crippen molar-refractivity contribution in [2.75, 3.05) is 4.43 Å². The van der Waals surface area contributed by atoms with Crippen LogP contribution in [0.4, 0.5) is 0 Å². The third-order valence-corrected chi connectivity index (χ3v) is 4.59. The Kier molecular flexibility index (Phi) is 0.630. The lowest BCUT2D eigenvalue weighted by Crippen LogP contribution is -1.70. The van der Waals surface area contributed by atoms with E-state index in [4.69, 9.17) is 0 Å². The number of fused-ring (bicyclic) bond motifs is 1. The van der Waals surface area contributed by atoms with Gasteiger partial charge in [-0.1, -0.05) is 4.01 Å². The molecule has 6 heavy (non-hydrogen) atoms. The normalized spacial score (nSPS) is 50.7. The summed E-state index contributed by atoms with van der Waals surface area (Å²) in [7, 11) is 0. The number of hydrogen-bond acceptors (Lipinski definition) is 0. The summed E-state index contributed by atoms with van der Waals surface area (Å²) in [5, 5.41) is 0. The predicted octanol–water partition coefficient (Wildman–Crippen LogP) is 1.41. The number of rotatable bonds is 0. The van der Waals surface area contributed by atoms with E-state index in [1.165, 1.54) is 5.92 Å². The molecule has 1 fully saturated rings. The second-order valence-corrected chi connectivity index (χ2v) is 4.57. The van der Waals surface area contributed by atoms with E-state index in [1.54, 1.807) is 10.8 Å². The van der Waals surface area contributed by atoms with Crippen molar-refractivity contribution in [3.8, 4) is 0 Å². The molecule has 2 aliphatic rings. The molecule has 0 amide bonds. The summed E-state index contributed by atoms with van der Waals surface area (Å²) in [6, 6.07) is 0. The van der Waals surface area contributed by atoms with Crippen LogP contribution < -0.4 is 0 Å². The van der Waals surface area contributed by atoms with Crippen LogP contribution in [0.15, 0.2) is 0 Å². The van der Waals surface area contributed by atoms with Gasteiger partial charge in [-0.3, -0.25) is 0 Å². The van der Waals surface area contributed by atoms with E-state index in [-0.39, 0.29) is 0 Å². The van der Waals surface area contributed by atoms with Gasteiger partial charge in [0.1, 0.15) is 0 Å². The van der Waals surface area contributed by atoms with Gasteiger partial charge in [0.25, 0.3) is 0 Å². The number of hydrogen-bond donors (Lipinski definition) is 0. The fourth-order valence-corrected chi connectivity index (χ4v) is 4.38. The van der Waals surface area contributed by atoms with Crippen LogP contribution in [-0.2, 0) is 0 Å². The molecule has 0 spiro atoms. The quantitative estimate of drug-likeness (QED) is 0.404. The third-order valence-electron chi connectivity index (χ3n) is 1.52. The minimum absolute atomic E-state index is 0.627. The van der Waals surface area contributed by atoms with Gasteiger partial charge in [0.05, 0.1) is 0 Å². The van der Waals surface area contributed by atoms with Gasteiger partial charge in [-0.05, 0) is 22.7 Å². The molecule has 34 valence electrons. The zero-order valence-electron chi connectivity index (χ0n) is 3.52. The molecule has 0 N–H and O–H groups in total. The number of halogens is 1. The summed E-state index contributed by atoms with van der Waals surface area (Å²) in [5.74, 6) is 2.34. The van der Waals surface area contributed by atoms with Crippen LogP contribution in [0.25, 0.3) is 0 Å². The highest BCUT2D eigenvalue weighted by molar-refractivity contribution is 14.2. The smallest absolute Gasteiger partial charge is 0.00207 e. The highest BCUT2D eigenvalue weighted by Gasteiger charge is 2.37. The molecule has 1 heterocycles. The summed E-state index contributed by atoms with van der Waals surface area (Å²) in [6.07, 6.45) is 1.56. The maximum atomic E-state index is 2.59. The molecule has 0 saturated heterocycles. The van der Waals surface area contributed by atoms with E-state index in [0.717, 1.165) is 5.92 Å². The fourth-order valence-electron chi connectivity index (χ4n) is 0.883. The van der Waals surface area contributed by atoms with E-state index in [2.05, 4.69) is 4.01 Å². The molecule has 0 bridgehead atoms. The Balaban J connectivity index is 2.26. The maximum absolute atomic E-state index is 2.59. The van der Waals surface area contributed by atoms with Crippen molar-refractivity contribution in [2.45, 2.75) is 6.42 Å². The summed E-state index contributed by atoms with van der Waals surface area (Å²) in [5.41, 5.74) is 0. The SMILES string of the molecule is C1=ICC2CC12. The summed E-state index contributed by atoms with van der Waals surface area (Å²) in [4.78, 5) is 0. The van der Waals surface area contributed by atoms with Crippen molar-refractivity contribution in [3.05, 3.63) is 0 Å². The van der Waals surface area contributed by atoms with Gasteiger partial charge >= 0.3 is 0 Å². The molecule has 1 aliphatic carbocycles. The van der Waals surface area contributed by atoms with Gasteiger partial charge in [0.2, 0.25) is 0 Å². The van der Waals surface area contributed by atoms with E-state index < -0.39 is 0 Å². The van der Waals surface area contributed by atoms with Crippen LogP contribution in [0, 0.1) is 11.8 Å². The van der Waals surface area contributed by atoms with Crippen molar-refractivity contribution in [2.24, 2.45) is 11.8 Å². The summed E-state index contributed by atoms with van der Waals surface area (Å²) >= 11 is 0.627. The number of alkyl halides is 1. The Hall–Kier alpha value is 0.600. The molecule has 0 aromatic heterocycles. The standard InChI is InChI=1S/C5H7I/c1-4-2-6-3-5(1)4/h2,4-5H,1,3H2. The molecule has 0 nitrogen and oxygen atoms in total. The lowest BCUT2D eigenvalue weighted by atomic mass is 10.4. The minimum Gasteiger partial charge on any atom is -0.127 e. The van der Waals surface area contributed by atoms with E-state index in [0.29, 0.717) is 20.7 Å². The minimum atomic E-state index is 0.627.